The fourth-order valence-electron chi connectivity index (χ4n) is 5.08. The molecule has 35 heavy (non-hydrogen) atoms. The maximum Gasteiger partial charge on any atom is 0.276 e. The number of rotatable bonds is 2. The van der Waals surface area contributed by atoms with Crippen molar-refractivity contribution in [2.24, 2.45) is 5.92 Å². The highest BCUT2D eigenvalue weighted by Gasteiger charge is 2.51. The van der Waals surface area contributed by atoms with Crippen molar-refractivity contribution < 1.29 is 23.8 Å². The van der Waals surface area contributed by atoms with E-state index < -0.39 is 35.0 Å². The van der Waals surface area contributed by atoms with Crippen LogP contribution in [0.15, 0.2) is 52.7 Å². The molecule has 1 amide bonds. The van der Waals surface area contributed by atoms with E-state index in [1.807, 2.05) is 18.9 Å². The summed E-state index contributed by atoms with van der Waals surface area (Å²) >= 11 is 1.56. The fourth-order valence-corrected chi connectivity index (χ4v) is 6.16. The molecule has 3 aliphatic heterocycles. The van der Waals surface area contributed by atoms with Gasteiger partial charge in [0.2, 0.25) is 0 Å². The first-order chi connectivity index (χ1) is 16.5. The average Bonchev–Trinajstić information content (AvgIpc) is 2.94. The van der Waals surface area contributed by atoms with E-state index in [0.29, 0.717) is 16.9 Å². The zero-order valence-electron chi connectivity index (χ0n) is 20.1. The Bertz CT molecular complexity index is 1180. The third kappa shape index (κ3) is 3.80. The first-order valence-electron chi connectivity index (χ1n) is 11.7. The lowest BCUT2D eigenvalue weighted by molar-refractivity contribution is -0.171. The number of aliphatic hydroxyl groups is 2. The van der Waals surface area contributed by atoms with Crippen molar-refractivity contribution in [1.29, 1.82) is 0 Å². The number of carbonyl (C=O) groups is 1. The third-order valence-electron chi connectivity index (χ3n) is 7.41. The maximum absolute atomic E-state index is 14.6. The van der Waals surface area contributed by atoms with Gasteiger partial charge in [-0.2, -0.15) is 5.01 Å². The molecule has 3 aliphatic rings. The predicted octanol–water partition coefficient (Wildman–Crippen LogP) is 4.56. The van der Waals surface area contributed by atoms with Gasteiger partial charge in [-0.15, -0.1) is 11.8 Å². The highest BCUT2D eigenvalue weighted by molar-refractivity contribution is 7.98. The summed E-state index contributed by atoms with van der Waals surface area (Å²) in [6, 6.07) is 8.43. The predicted molar refractivity (Wildman–Crippen MR) is 129 cm³/mol. The van der Waals surface area contributed by atoms with Gasteiger partial charge in [-0.1, -0.05) is 13.0 Å². The van der Waals surface area contributed by atoms with Gasteiger partial charge in [0.25, 0.3) is 5.91 Å². The maximum atomic E-state index is 14.6. The van der Waals surface area contributed by atoms with Crippen LogP contribution in [0.25, 0.3) is 0 Å². The molecule has 3 heterocycles. The topological polar surface area (TPSA) is 67.2 Å². The Labute approximate surface area is 207 Å². The molecule has 0 spiro atoms. The lowest BCUT2D eigenvalue weighted by atomic mass is 9.83. The fraction of sp³-hybridized carbons (Fsp3) is 0.423. The molecular weight excluding hydrogens is 472 g/mol. The normalized spacial score (nSPS) is 27.0. The van der Waals surface area contributed by atoms with Gasteiger partial charge in [0.05, 0.1) is 12.7 Å². The van der Waals surface area contributed by atoms with Crippen LogP contribution in [0.5, 0.6) is 0 Å². The molecule has 2 N–H and O–H groups in total. The Kier molecular flexibility index (Phi) is 5.85. The van der Waals surface area contributed by atoms with E-state index in [4.69, 9.17) is 0 Å². The molecule has 0 bridgehead atoms. The molecule has 6 nitrogen and oxygen atoms in total. The van der Waals surface area contributed by atoms with Gasteiger partial charge in [0.1, 0.15) is 17.2 Å². The smallest absolute Gasteiger partial charge is 0.276 e. The Balaban J connectivity index is 1.77. The van der Waals surface area contributed by atoms with E-state index in [9.17, 15) is 23.8 Å². The second kappa shape index (κ2) is 8.50. The zero-order chi connectivity index (χ0) is 25.2. The number of hydrogen-bond acceptors (Lipinski definition) is 6. The van der Waals surface area contributed by atoms with Crippen molar-refractivity contribution in [1.82, 2.24) is 14.9 Å². The van der Waals surface area contributed by atoms with Gasteiger partial charge in [-0.05, 0) is 67.8 Å². The third-order valence-corrected chi connectivity index (χ3v) is 8.55. The summed E-state index contributed by atoms with van der Waals surface area (Å²) in [5, 5.41) is 25.7. The van der Waals surface area contributed by atoms with Crippen molar-refractivity contribution in [3.8, 4) is 0 Å². The van der Waals surface area contributed by atoms with Crippen LogP contribution in [0, 0.1) is 17.6 Å². The highest BCUT2D eigenvalue weighted by atomic mass is 32.2. The summed E-state index contributed by atoms with van der Waals surface area (Å²) < 4.78 is 29.2. The molecule has 2 aromatic carbocycles. The largest absolute Gasteiger partial charge is 0.507 e. The summed E-state index contributed by atoms with van der Waals surface area (Å²) in [5.41, 5.74) is 0.684. The number of hydrazine groups is 1. The molecule has 0 radical (unpaired) electrons. The summed E-state index contributed by atoms with van der Waals surface area (Å²) in [7, 11) is 0. The van der Waals surface area contributed by atoms with Gasteiger partial charge in [0.15, 0.2) is 11.5 Å². The Morgan fingerprint density at radius 1 is 1.11 bits per heavy atom. The number of carbonyl (C=O) groups excluding carboxylic acids is 1. The Hall–Kier alpha value is -2.62. The number of aliphatic hydroxyl groups excluding tert-OH is 1. The molecule has 5 rings (SSSR count). The molecule has 0 saturated carbocycles. The van der Waals surface area contributed by atoms with Crippen molar-refractivity contribution in [2.75, 3.05) is 13.2 Å². The van der Waals surface area contributed by atoms with Crippen LogP contribution in [0.2, 0.25) is 0 Å². The van der Waals surface area contributed by atoms with Gasteiger partial charge in [0, 0.05) is 29.2 Å². The van der Waals surface area contributed by atoms with E-state index in [1.54, 1.807) is 40.7 Å². The van der Waals surface area contributed by atoms with E-state index in [2.05, 4.69) is 0 Å². The lowest BCUT2D eigenvalue weighted by Crippen LogP contribution is -2.65. The minimum atomic E-state index is -1.58. The molecule has 0 aliphatic carbocycles. The van der Waals surface area contributed by atoms with E-state index >= 15 is 0 Å². The molecule has 2 aromatic rings. The van der Waals surface area contributed by atoms with E-state index in [0.717, 1.165) is 10.5 Å². The minimum absolute atomic E-state index is 0.000793. The number of thioether (sulfide) groups is 1. The van der Waals surface area contributed by atoms with Crippen LogP contribution < -0.4 is 0 Å². The van der Waals surface area contributed by atoms with Gasteiger partial charge >= 0.3 is 0 Å². The quantitative estimate of drug-likeness (QED) is 0.629. The van der Waals surface area contributed by atoms with E-state index in [-0.39, 0.29) is 30.9 Å². The highest BCUT2D eigenvalue weighted by Crippen LogP contribution is 2.47. The second-order valence-corrected chi connectivity index (χ2v) is 11.0. The molecule has 0 aromatic heterocycles. The van der Waals surface area contributed by atoms with Crippen molar-refractivity contribution >= 4 is 17.7 Å². The van der Waals surface area contributed by atoms with Crippen LogP contribution in [0.4, 0.5) is 8.78 Å². The summed E-state index contributed by atoms with van der Waals surface area (Å²) in [4.78, 5) is 16.0. The summed E-state index contributed by atoms with van der Waals surface area (Å²) in [5.74, 6) is -1.41. The summed E-state index contributed by atoms with van der Waals surface area (Å²) in [6.45, 7) is 7.45. The second-order valence-electron chi connectivity index (χ2n) is 9.99. The van der Waals surface area contributed by atoms with Crippen LogP contribution in [0.1, 0.15) is 50.4 Å². The molecule has 3 atom stereocenters. The number of amides is 1. The van der Waals surface area contributed by atoms with Gasteiger partial charge in [-0.25, -0.2) is 8.78 Å². The van der Waals surface area contributed by atoms with Crippen LogP contribution in [-0.4, -0.2) is 55.9 Å². The first-order valence-corrected chi connectivity index (χ1v) is 12.7. The van der Waals surface area contributed by atoms with Crippen LogP contribution in [-0.2, 0) is 10.5 Å². The van der Waals surface area contributed by atoms with Crippen LogP contribution in [0.3, 0.4) is 0 Å². The van der Waals surface area contributed by atoms with Crippen LogP contribution >= 0.6 is 11.8 Å². The Morgan fingerprint density at radius 3 is 2.46 bits per heavy atom. The lowest BCUT2D eigenvalue weighted by Gasteiger charge is -2.54. The molecule has 186 valence electrons. The standard InChI is InChI=1S/C26H29F2N3O3S/c1-14(2)29-13-31(30-11-15(3)26(4,34)24(32)23(30)25(29)33)22-19-9-17(27)6-5-16(19)12-35-21-8-7-18(28)10-20(21)22/h5-10,14-15,22,32,34H,11-13H2,1-4H3. The molecule has 3 unspecified atom stereocenters. The van der Waals surface area contributed by atoms with Crippen molar-refractivity contribution in [3.63, 3.8) is 0 Å². The Morgan fingerprint density at radius 2 is 1.77 bits per heavy atom. The van der Waals surface area contributed by atoms with Crippen molar-refractivity contribution in [2.45, 2.75) is 56.0 Å². The summed E-state index contributed by atoms with van der Waals surface area (Å²) in [6.07, 6.45) is 0. The van der Waals surface area contributed by atoms with Gasteiger partial charge in [-0.3, -0.25) is 9.80 Å². The number of fused-ring (bicyclic) bond motifs is 3. The number of benzene rings is 2. The van der Waals surface area contributed by atoms with Crippen molar-refractivity contribution in [3.05, 3.63) is 76.2 Å². The monoisotopic (exact) mass is 501 g/mol. The zero-order valence-corrected chi connectivity index (χ0v) is 20.9. The minimum Gasteiger partial charge on any atom is -0.507 e. The van der Waals surface area contributed by atoms with Gasteiger partial charge < -0.3 is 15.1 Å². The first kappa shape index (κ1) is 24.1. The number of hydrogen-bond donors (Lipinski definition) is 2. The number of nitrogens with zero attached hydrogens (tertiary/aromatic N) is 3. The molecule has 1 saturated heterocycles. The average molecular weight is 502 g/mol. The SMILES string of the molecule is CC(C)N1CN(C2c3cc(F)ccc3CSc3ccc(F)cc32)N2CC(C)C(C)(O)C(O)=C2C1=O. The number of halogens is 2. The van der Waals surface area contributed by atoms with E-state index in [1.165, 1.54) is 31.2 Å². The molecular formula is C26H29F2N3O3S. The molecule has 9 heteroatoms. The molecule has 1 fully saturated rings.